The molecule has 12 aromatic rings. The summed E-state index contributed by atoms with van der Waals surface area (Å²) in [6, 6.07) is 60.0. The van der Waals surface area contributed by atoms with Gasteiger partial charge in [-0.3, -0.25) is 9.97 Å². The Morgan fingerprint density at radius 3 is 1.86 bits per heavy atom. The molecule has 357 valence electrons. The van der Waals surface area contributed by atoms with Crippen LogP contribution in [-0.4, -0.2) is 34.1 Å². The number of aryl methyl sites for hydroxylation is 4. The third kappa shape index (κ3) is 8.63. The number of aromatic nitrogens is 7. The fourth-order valence-corrected chi connectivity index (χ4v) is 9.99. The predicted octanol–water partition coefficient (Wildman–Crippen LogP) is 15.9. The van der Waals surface area contributed by atoms with Crippen molar-refractivity contribution in [3.8, 4) is 56.4 Å². The van der Waals surface area contributed by atoms with Crippen molar-refractivity contribution in [2.75, 3.05) is 0 Å². The summed E-state index contributed by atoms with van der Waals surface area (Å²) in [4.78, 5) is 23.2. The summed E-state index contributed by atoms with van der Waals surface area (Å²) >= 11 is 0. The molecule has 0 saturated heterocycles. The van der Waals surface area contributed by atoms with Gasteiger partial charge in [0.15, 0.2) is 5.65 Å². The summed E-state index contributed by atoms with van der Waals surface area (Å²) in [5.74, 6) is 2.20. The molecule has 0 amide bonds. The fourth-order valence-electron chi connectivity index (χ4n) is 9.99. The van der Waals surface area contributed by atoms with Gasteiger partial charge < -0.3 is 18.5 Å². The van der Waals surface area contributed by atoms with Gasteiger partial charge in [-0.25, -0.2) is 9.97 Å². The molecule has 8 nitrogen and oxygen atoms in total. The Morgan fingerprint density at radius 2 is 1.18 bits per heavy atom. The van der Waals surface area contributed by atoms with Crippen molar-refractivity contribution in [1.82, 2.24) is 34.1 Å². The molecule has 0 aliphatic heterocycles. The molecule has 7 aromatic carbocycles. The number of fused-ring (bicyclic) bond motifs is 5. The van der Waals surface area contributed by atoms with Crippen molar-refractivity contribution >= 4 is 44.1 Å². The molecule has 0 bridgehead atoms. The Balaban J connectivity index is 0.000000194. The first-order chi connectivity index (χ1) is 34.5. The van der Waals surface area contributed by atoms with E-state index in [1.54, 1.807) is 0 Å². The molecule has 0 aliphatic rings. The van der Waals surface area contributed by atoms with Crippen molar-refractivity contribution in [3.63, 3.8) is 0 Å². The molecule has 0 fully saturated rings. The fraction of sp³-hybridized carbons (Fsp3) is 0.159. The largest absolute Gasteiger partial charge is 0.501 e. The second kappa shape index (κ2) is 19.7. The van der Waals surface area contributed by atoms with Crippen molar-refractivity contribution in [3.05, 3.63) is 210 Å². The van der Waals surface area contributed by atoms with Crippen LogP contribution in [0, 0.1) is 39.8 Å². The first kappa shape index (κ1) is 47.8. The number of pyridine rings is 1. The third-order valence-corrected chi connectivity index (χ3v) is 13.4. The quantitative estimate of drug-likeness (QED) is 0.141. The molecule has 9 heteroatoms. The number of hydrogen-bond acceptors (Lipinski definition) is 6. The van der Waals surface area contributed by atoms with Crippen LogP contribution in [0.5, 0.6) is 0 Å². The van der Waals surface area contributed by atoms with Crippen LogP contribution < -0.4 is 0 Å². The van der Waals surface area contributed by atoms with Crippen LogP contribution in [0.4, 0.5) is 0 Å². The van der Waals surface area contributed by atoms with Crippen LogP contribution in [0.1, 0.15) is 73.2 Å². The number of hydrogen-bond donors (Lipinski definition) is 0. The van der Waals surface area contributed by atoms with Gasteiger partial charge in [-0.1, -0.05) is 161 Å². The average molecular weight is 1120 g/mol. The third-order valence-electron chi connectivity index (χ3n) is 13.4. The minimum absolute atomic E-state index is 0. The molecule has 0 unspecified atom stereocenters. The van der Waals surface area contributed by atoms with Crippen molar-refractivity contribution < 1.29 is 24.5 Å². The Hall–Kier alpha value is -7.84. The van der Waals surface area contributed by atoms with Gasteiger partial charge in [-0.05, 0) is 112 Å². The Labute approximate surface area is 433 Å². The second-order valence-corrected chi connectivity index (χ2v) is 19.0. The number of benzene rings is 7. The first-order valence-electron chi connectivity index (χ1n) is 24.3. The summed E-state index contributed by atoms with van der Waals surface area (Å²) in [5, 5.41) is 2.15. The number of rotatable bonds is 8. The molecule has 0 aliphatic carbocycles. The maximum atomic E-state index is 6.73. The Kier molecular flexibility index (Phi) is 13.1. The molecule has 5 heterocycles. The van der Waals surface area contributed by atoms with Crippen LogP contribution in [0.15, 0.2) is 169 Å². The molecular formula is C63H53IrN7O-2. The van der Waals surface area contributed by atoms with Crippen molar-refractivity contribution in [2.45, 2.75) is 67.2 Å². The van der Waals surface area contributed by atoms with Gasteiger partial charge in [-0.2, -0.15) is 0 Å². The maximum absolute atomic E-state index is 6.73. The van der Waals surface area contributed by atoms with E-state index < -0.39 is 0 Å². The summed E-state index contributed by atoms with van der Waals surface area (Å²) in [6.07, 6.45) is 3.33. The van der Waals surface area contributed by atoms with E-state index in [1.165, 1.54) is 51.0 Å². The van der Waals surface area contributed by atoms with Gasteiger partial charge in [0.25, 0.3) is 0 Å². The monoisotopic (exact) mass is 1120 g/mol. The number of furan rings is 1. The zero-order valence-electron chi connectivity index (χ0n) is 41.6. The van der Waals surface area contributed by atoms with E-state index in [0.717, 1.165) is 83.9 Å². The standard InChI is InChI=1S/C43H35N2O.C20H18N5.Ir/c1-27(2)36-24-32(30-16-9-6-10-17-30)25-37(28(3)4)41(36)45-39-21-12-11-20-38(39)44-43(45)35-19-13-18-34-33-23-22-31(26-40(33)46-42(34)35)29-14-7-5-8-15-29;1-12-6-5-7-13(2)18(12)25-17-10-21-11-22-19(17)24-20(25)16-9-8-14(3)23-15(16)4;/h5-18,20-28H,1-4H3;5-8,10-11H,1-4H3;/q2*-1;. The molecule has 5 aromatic heterocycles. The van der Waals surface area contributed by atoms with Gasteiger partial charge in [0, 0.05) is 36.9 Å². The van der Waals surface area contributed by atoms with Gasteiger partial charge >= 0.3 is 0 Å². The minimum atomic E-state index is 0. The molecule has 0 saturated carbocycles. The van der Waals surface area contributed by atoms with E-state index in [4.69, 9.17) is 14.4 Å². The van der Waals surface area contributed by atoms with E-state index in [1.807, 2.05) is 38.2 Å². The van der Waals surface area contributed by atoms with E-state index in [0.29, 0.717) is 5.65 Å². The van der Waals surface area contributed by atoms with Crippen molar-refractivity contribution in [1.29, 1.82) is 0 Å². The zero-order chi connectivity index (χ0) is 48.9. The minimum Gasteiger partial charge on any atom is -0.501 e. The molecule has 0 atom stereocenters. The Morgan fingerprint density at radius 1 is 0.542 bits per heavy atom. The van der Waals surface area contributed by atoms with Crippen molar-refractivity contribution in [2.24, 2.45) is 0 Å². The summed E-state index contributed by atoms with van der Waals surface area (Å²) < 4.78 is 11.2. The maximum Gasteiger partial charge on any atom is 0.171 e. The molecule has 0 N–H and O–H groups in total. The van der Waals surface area contributed by atoms with Crippen LogP contribution in [-0.2, 0) is 20.1 Å². The SMILES string of the molecule is CC(C)c1cc(-c2ccccc2)cc(C(C)C)c1-n1c(-c2[c-]ccc3c2oc2cc(-c4ccccc4)ccc23)nc2ccccc21.Cc1c[c-]c(-c2nc3ncncc3n2-c2c(C)cccc2C)c(C)n1.[Ir]. The van der Waals surface area contributed by atoms with Gasteiger partial charge in [0.1, 0.15) is 17.4 Å². The first-order valence-corrected chi connectivity index (χ1v) is 24.3. The van der Waals surface area contributed by atoms with Crippen LogP contribution in [0.2, 0.25) is 0 Å². The predicted molar refractivity (Wildman–Crippen MR) is 289 cm³/mol. The van der Waals surface area contributed by atoms with E-state index in [2.05, 4.69) is 211 Å². The smallest absolute Gasteiger partial charge is 0.171 e. The Bertz CT molecular complexity index is 3890. The topological polar surface area (TPSA) is 87.5 Å². The number of nitrogens with zero attached hydrogens (tertiary/aromatic N) is 7. The summed E-state index contributed by atoms with van der Waals surface area (Å²) in [6.45, 7) is 17.3. The normalized spacial score (nSPS) is 11.5. The summed E-state index contributed by atoms with van der Waals surface area (Å²) in [7, 11) is 0. The van der Waals surface area contributed by atoms with Crippen LogP contribution in [0.3, 0.4) is 0 Å². The molecule has 0 spiro atoms. The molecular weight excluding hydrogens is 1060 g/mol. The average Bonchev–Trinajstić information content (AvgIpc) is 4.08. The van der Waals surface area contributed by atoms with Gasteiger partial charge in [0.05, 0.1) is 34.5 Å². The number of para-hydroxylation sites is 3. The molecule has 72 heavy (non-hydrogen) atoms. The molecule has 1 radical (unpaired) electrons. The second-order valence-electron chi connectivity index (χ2n) is 19.0. The van der Waals surface area contributed by atoms with Crippen LogP contribution in [0.25, 0.3) is 101 Å². The zero-order valence-corrected chi connectivity index (χ0v) is 44.0. The summed E-state index contributed by atoms with van der Waals surface area (Å²) in [5.41, 5.74) is 20.8. The van der Waals surface area contributed by atoms with E-state index in [-0.39, 0.29) is 31.9 Å². The molecule has 12 rings (SSSR count). The van der Waals surface area contributed by atoms with E-state index >= 15 is 0 Å². The van der Waals surface area contributed by atoms with Crippen LogP contribution >= 0.6 is 0 Å². The van der Waals surface area contributed by atoms with E-state index in [9.17, 15) is 0 Å². The van der Waals surface area contributed by atoms with Gasteiger partial charge in [-0.15, -0.1) is 30.3 Å². The number of imidazole rings is 2. The van der Waals surface area contributed by atoms with Gasteiger partial charge in [0.2, 0.25) is 0 Å².